The molecule has 0 spiro atoms. The molecule has 1 aromatic rings. The monoisotopic (exact) mass is 292 g/mol. The minimum absolute atomic E-state index is 0.0522. The van der Waals surface area contributed by atoms with Gasteiger partial charge in [0.1, 0.15) is 5.78 Å². The predicted octanol–water partition coefficient (Wildman–Crippen LogP) is 2.60. The lowest BCUT2D eigenvalue weighted by Crippen LogP contribution is -2.18. The Hall–Kier alpha value is -1.37. The van der Waals surface area contributed by atoms with Crippen molar-refractivity contribution in [1.82, 2.24) is 0 Å². The fourth-order valence-corrected chi connectivity index (χ4v) is 3.80. The summed E-state index contributed by atoms with van der Waals surface area (Å²) in [6.45, 7) is 0. The molecule has 1 aromatic carbocycles. The van der Waals surface area contributed by atoms with Crippen LogP contribution in [0.1, 0.15) is 24.8 Å². The van der Waals surface area contributed by atoms with Gasteiger partial charge in [-0.2, -0.15) is 13.2 Å². The van der Waals surface area contributed by atoms with Gasteiger partial charge in [-0.3, -0.25) is 4.79 Å². The van der Waals surface area contributed by atoms with Crippen molar-refractivity contribution in [3.05, 3.63) is 29.8 Å². The second-order valence-corrected chi connectivity index (χ2v) is 6.70. The molecule has 1 aliphatic carbocycles. The summed E-state index contributed by atoms with van der Waals surface area (Å²) in [4.78, 5) is 10.9. The van der Waals surface area contributed by atoms with Gasteiger partial charge in [0, 0.05) is 12.8 Å². The highest BCUT2D eigenvalue weighted by Gasteiger charge is 2.35. The van der Waals surface area contributed by atoms with Crippen molar-refractivity contribution in [2.24, 2.45) is 0 Å². The number of rotatable bonds is 2. The molecule has 0 saturated heterocycles. The molecule has 0 amide bonds. The topological polar surface area (TPSA) is 51.2 Å². The van der Waals surface area contributed by atoms with Crippen LogP contribution in [-0.4, -0.2) is 19.5 Å². The largest absolute Gasteiger partial charge is 0.416 e. The van der Waals surface area contributed by atoms with E-state index in [4.69, 9.17) is 0 Å². The van der Waals surface area contributed by atoms with Crippen LogP contribution in [-0.2, 0) is 20.8 Å². The average Bonchev–Trinajstić information content (AvgIpc) is 2.76. The summed E-state index contributed by atoms with van der Waals surface area (Å²) in [6.07, 6.45) is -4.10. The molecule has 0 heterocycles. The molecule has 0 bridgehead atoms. The number of hydrogen-bond acceptors (Lipinski definition) is 3. The van der Waals surface area contributed by atoms with Crippen molar-refractivity contribution in [1.29, 1.82) is 0 Å². The predicted molar refractivity (Wildman–Crippen MR) is 61.3 cm³/mol. The first-order valence-corrected chi connectivity index (χ1v) is 7.19. The van der Waals surface area contributed by atoms with Crippen LogP contribution in [0.5, 0.6) is 0 Å². The molecular weight excluding hydrogens is 281 g/mol. The lowest BCUT2D eigenvalue weighted by Gasteiger charge is -2.12. The van der Waals surface area contributed by atoms with Crippen LogP contribution in [0, 0.1) is 0 Å². The standard InChI is InChI=1S/C12H11F3O3S/c13-12(14,15)8-1-4-10(5-2-8)19(17,18)11-6-3-9(16)7-11/h1-2,4-5,11H,3,6-7H2. The van der Waals surface area contributed by atoms with Crippen molar-refractivity contribution in [2.75, 3.05) is 0 Å². The van der Waals surface area contributed by atoms with Crippen LogP contribution in [0.3, 0.4) is 0 Å². The minimum Gasteiger partial charge on any atom is -0.300 e. The van der Waals surface area contributed by atoms with E-state index in [1.165, 1.54) is 0 Å². The fraction of sp³-hybridized carbons (Fsp3) is 0.417. The van der Waals surface area contributed by atoms with Crippen molar-refractivity contribution >= 4 is 15.6 Å². The number of carbonyl (C=O) groups excluding carboxylic acids is 1. The number of alkyl halides is 3. The maximum atomic E-state index is 12.4. The number of ketones is 1. The Labute approximate surface area is 108 Å². The Bertz CT molecular complexity index is 588. The first kappa shape index (κ1) is 14.0. The molecule has 1 saturated carbocycles. The van der Waals surface area contributed by atoms with Crippen molar-refractivity contribution < 1.29 is 26.4 Å². The lowest BCUT2D eigenvalue weighted by atomic mass is 10.2. The molecule has 0 aromatic heterocycles. The summed E-state index contributed by atoms with van der Waals surface area (Å²) in [5.41, 5.74) is -0.894. The van der Waals surface area contributed by atoms with Crippen LogP contribution in [0.4, 0.5) is 13.2 Å². The summed E-state index contributed by atoms with van der Waals surface area (Å²) >= 11 is 0. The highest BCUT2D eigenvalue weighted by atomic mass is 32.2. The number of carbonyl (C=O) groups is 1. The molecule has 1 fully saturated rings. The van der Waals surface area contributed by atoms with E-state index >= 15 is 0 Å². The van der Waals surface area contributed by atoms with Crippen molar-refractivity contribution in [3.63, 3.8) is 0 Å². The number of sulfone groups is 1. The normalized spacial score (nSPS) is 20.8. The highest BCUT2D eigenvalue weighted by Crippen LogP contribution is 2.32. The van der Waals surface area contributed by atoms with Gasteiger partial charge in [0.05, 0.1) is 15.7 Å². The lowest BCUT2D eigenvalue weighted by molar-refractivity contribution is -0.137. The van der Waals surface area contributed by atoms with E-state index in [9.17, 15) is 26.4 Å². The molecular formula is C12H11F3O3S. The number of benzene rings is 1. The number of hydrogen-bond donors (Lipinski definition) is 0. The first-order chi connectivity index (χ1) is 8.71. The SMILES string of the molecule is O=C1CCC(S(=O)(=O)c2ccc(C(F)(F)F)cc2)C1. The van der Waals surface area contributed by atoms with Gasteiger partial charge in [-0.05, 0) is 30.7 Å². The van der Waals surface area contributed by atoms with Crippen LogP contribution in [0.2, 0.25) is 0 Å². The van der Waals surface area contributed by atoms with E-state index in [0.29, 0.717) is 0 Å². The number of Topliss-reactive ketones (excluding diaryl/α,β-unsaturated/α-hetero) is 1. The highest BCUT2D eigenvalue weighted by molar-refractivity contribution is 7.92. The summed E-state index contributed by atoms with van der Waals surface area (Å²) < 4.78 is 61.3. The van der Waals surface area contributed by atoms with Gasteiger partial charge >= 0.3 is 6.18 Å². The molecule has 3 nitrogen and oxygen atoms in total. The summed E-state index contributed by atoms with van der Waals surface area (Å²) in [5.74, 6) is -0.125. The summed E-state index contributed by atoms with van der Waals surface area (Å²) in [6, 6.07) is 3.37. The molecule has 19 heavy (non-hydrogen) atoms. The van der Waals surface area contributed by atoms with Gasteiger partial charge in [-0.25, -0.2) is 8.42 Å². The van der Waals surface area contributed by atoms with Crippen LogP contribution >= 0.6 is 0 Å². The Balaban J connectivity index is 2.29. The van der Waals surface area contributed by atoms with Gasteiger partial charge < -0.3 is 0 Å². The quantitative estimate of drug-likeness (QED) is 0.842. The maximum absolute atomic E-state index is 12.4. The molecule has 1 atom stereocenters. The Kier molecular flexibility index (Phi) is 3.42. The van der Waals surface area contributed by atoms with E-state index < -0.39 is 26.8 Å². The Morgan fingerprint density at radius 3 is 2.11 bits per heavy atom. The third kappa shape index (κ3) is 2.80. The molecule has 1 unspecified atom stereocenters. The zero-order valence-corrected chi connectivity index (χ0v) is 10.6. The molecule has 1 aliphatic rings. The Morgan fingerprint density at radius 2 is 1.68 bits per heavy atom. The van der Waals surface area contributed by atoms with E-state index in [0.717, 1.165) is 24.3 Å². The summed E-state index contributed by atoms with van der Waals surface area (Å²) in [7, 11) is -3.72. The first-order valence-electron chi connectivity index (χ1n) is 5.64. The molecule has 0 N–H and O–H groups in total. The average molecular weight is 292 g/mol. The van der Waals surface area contributed by atoms with Crippen LogP contribution in [0.25, 0.3) is 0 Å². The maximum Gasteiger partial charge on any atom is 0.416 e. The van der Waals surface area contributed by atoms with E-state index in [1.54, 1.807) is 0 Å². The van der Waals surface area contributed by atoms with E-state index in [-0.39, 0.29) is 29.9 Å². The van der Waals surface area contributed by atoms with Crippen molar-refractivity contribution in [2.45, 2.75) is 35.6 Å². The van der Waals surface area contributed by atoms with Gasteiger partial charge in [-0.15, -0.1) is 0 Å². The zero-order chi connectivity index (χ0) is 14.3. The molecule has 7 heteroatoms. The second kappa shape index (κ2) is 4.63. The molecule has 104 valence electrons. The Morgan fingerprint density at radius 1 is 1.11 bits per heavy atom. The third-order valence-corrected chi connectivity index (χ3v) is 5.36. The minimum atomic E-state index is -4.49. The van der Waals surface area contributed by atoms with Gasteiger partial charge in [-0.1, -0.05) is 0 Å². The molecule has 2 rings (SSSR count). The van der Waals surface area contributed by atoms with Gasteiger partial charge in [0.25, 0.3) is 0 Å². The van der Waals surface area contributed by atoms with Crippen molar-refractivity contribution in [3.8, 4) is 0 Å². The fourth-order valence-electron chi connectivity index (χ4n) is 2.07. The van der Waals surface area contributed by atoms with E-state index in [1.807, 2.05) is 0 Å². The van der Waals surface area contributed by atoms with Gasteiger partial charge in [0.2, 0.25) is 0 Å². The third-order valence-electron chi connectivity index (χ3n) is 3.15. The van der Waals surface area contributed by atoms with Crippen LogP contribution < -0.4 is 0 Å². The van der Waals surface area contributed by atoms with Crippen LogP contribution in [0.15, 0.2) is 29.2 Å². The molecule has 0 radical (unpaired) electrons. The van der Waals surface area contributed by atoms with E-state index in [2.05, 4.69) is 0 Å². The smallest absolute Gasteiger partial charge is 0.300 e. The zero-order valence-electron chi connectivity index (χ0n) is 9.77. The second-order valence-electron chi connectivity index (χ2n) is 4.47. The van der Waals surface area contributed by atoms with Gasteiger partial charge in [0.15, 0.2) is 9.84 Å². The number of halogens is 3. The molecule has 0 aliphatic heterocycles. The summed E-state index contributed by atoms with van der Waals surface area (Å²) in [5, 5.41) is -0.809.